The molecule has 0 bridgehead atoms. The molecule has 6 rings (SSSR count). The van der Waals surface area contributed by atoms with E-state index in [0.29, 0.717) is 30.0 Å². The van der Waals surface area contributed by atoms with E-state index in [2.05, 4.69) is 26.1 Å². The predicted molar refractivity (Wildman–Crippen MR) is 126 cm³/mol. The lowest BCUT2D eigenvalue weighted by Gasteiger charge is -2.29. The van der Waals surface area contributed by atoms with Crippen LogP contribution in [0.5, 0.6) is 11.6 Å². The van der Waals surface area contributed by atoms with Crippen molar-refractivity contribution in [3.05, 3.63) is 64.9 Å². The number of halogens is 1. The monoisotopic (exact) mass is 462 g/mol. The molecule has 0 aliphatic carbocycles. The first-order chi connectivity index (χ1) is 16.1. The van der Waals surface area contributed by atoms with E-state index in [1.165, 1.54) is 0 Å². The standard InChI is InChI=1S/C25H23ClN4O3/c1-32-25-20(11-28-29-25)14-2-4-19-21(12-30(22(19)8-14)18-9-27-10-18)24(31)16-6-15-7-17(26)3-5-23(15)33-13-16/h2-5,7-8,11-12,16,18,27H,6,9-10,13H2,1H3,(H,28,29). The van der Waals surface area contributed by atoms with E-state index in [1.54, 1.807) is 13.3 Å². The molecule has 2 aromatic carbocycles. The second-order valence-electron chi connectivity index (χ2n) is 8.64. The van der Waals surface area contributed by atoms with Crippen molar-refractivity contribution in [1.29, 1.82) is 0 Å². The molecule has 0 amide bonds. The minimum Gasteiger partial charge on any atom is -0.493 e. The molecule has 2 aromatic heterocycles. The number of aromatic amines is 1. The van der Waals surface area contributed by atoms with Gasteiger partial charge in [0.15, 0.2) is 5.78 Å². The highest BCUT2D eigenvalue weighted by Crippen LogP contribution is 2.36. The lowest BCUT2D eigenvalue weighted by molar-refractivity contribution is 0.0856. The molecule has 1 saturated heterocycles. The molecule has 2 aliphatic rings. The summed E-state index contributed by atoms with van der Waals surface area (Å²) in [5, 5.41) is 11.9. The molecule has 0 saturated carbocycles. The van der Waals surface area contributed by atoms with Crippen LogP contribution in [0.15, 0.2) is 48.8 Å². The van der Waals surface area contributed by atoms with E-state index in [4.69, 9.17) is 21.1 Å². The average Bonchev–Trinajstić information content (AvgIpc) is 3.42. The number of hydrogen-bond donors (Lipinski definition) is 2. The van der Waals surface area contributed by atoms with Crippen LogP contribution >= 0.6 is 11.6 Å². The summed E-state index contributed by atoms with van der Waals surface area (Å²) in [7, 11) is 1.62. The van der Waals surface area contributed by atoms with Crippen LogP contribution < -0.4 is 14.8 Å². The van der Waals surface area contributed by atoms with Gasteiger partial charge in [0, 0.05) is 40.8 Å². The quantitative estimate of drug-likeness (QED) is 0.433. The minimum absolute atomic E-state index is 0.102. The highest BCUT2D eigenvalue weighted by molar-refractivity contribution is 6.30. The number of carbonyl (C=O) groups excluding carboxylic acids is 1. The van der Waals surface area contributed by atoms with E-state index in [9.17, 15) is 4.79 Å². The van der Waals surface area contributed by atoms with Crippen LogP contribution in [0.3, 0.4) is 0 Å². The second-order valence-corrected chi connectivity index (χ2v) is 9.08. The number of ketones is 1. The summed E-state index contributed by atoms with van der Waals surface area (Å²) >= 11 is 6.17. The smallest absolute Gasteiger partial charge is 0.216 e. The summed E-state index contributed by atoms with van der Waals surface area (Å²) in [6.45, 7) is 2.14. The molecule has 2 aliphatic heterocycles. The van der Waals surface area contributed by atoms with Gasteiger partial charge in [-0.05, 0) is 41.8 Å². The Hall–Kier alpha value is -3.29. The summed E-state index contributed by atoms with van der Waals surface area (Å²) in [6.07, 6.45) is 4.39. The van der Waals surface area contributed by atoms with Crippen molar-refractivity contribution < 1.29 is 14.3 Å². The molecule has 1 atom stereocenters. The zero-order chi connectivity index (χ0) is 22.5. The van der Waals surface area contributed by atoms with Crippen molar-refractivity contribution in [3.8, 4) is 22.8 Å². The van der Waals surface area contributed by atoms with Crippen molar-refractivity contribution in [2.45, 2.75) is 12.5 Å². The van der Waals surface area contributed by atoms with E-state index < -0.39 is 0 Å². The predicted octanol–water partition coefficient (Wildman–Crippen LogP) is 4.27. The van der Waals surface area contributed by atoms with Gasteiger partial charge in [-0.15, -0.1) is 0 Å². The normalized spacial score (nSPS) is 17.9. The summed E-state index contributed by atoms with van der Waals surface area (Å²) in [5.74, 6) is 1.28. The highest BCUT2D eigenvalue weighted by Gasteiger charge is 2.31. The molecule has 4 aromatic rings. The van der Waals surface area contributed by atoms with Gasteiger partial charge >= 0.3 is 0 Å². The van der Waals surface area contributed by atoms with Gasteiger partial charge in [-0.2, -0.15) is 5.10 Å². The molecule has 168 valence electrons. The van der Waals surface area contributed by atoms with Gasteiger partial charge < -0.3 is 19.4 Å². The Morgan fingerprint density at radius 1 is 1.24 bits per heavy atom. The molecule has 4 heterocycles. The number of H-pyrrole nitrogens is 1. The fourth-order valence-electron chi connectivity index (χ4n) is 4.77. The summed E-state index contributed by atoms with van der Waals surface area (Å²) in [4.78, 5) is 13.7. The van der Waals surface area contributed by atoms with Crippen molar-refractivity contribution in [3.63, 3.8) is 0 Å². The first-order valence-corrected chi connectivity index (χ1v) is 11.4. The van der Waals surface area contributed by atoms with Crippen LogP contribution in [-0.2, 0) is 6.42 Å². The van der Waals surface area contributed by atoms with Crippen molar-refractivity contribution in [2.75, 3.05) is 26.8 Å². The minimum atomic E-state index is -0.247. The van der Waals surface area contributed by atoms with Gasteiger partial charge in [-0.1, -0.05) is 23.7 Å². The van der Waals surface area contributed by atoms with Gasteiger partial charge in [0.25, 0.3) is 0 Å². The largest absolute Gasteiger partial charge is 0.493 e. The third kappa shape index (κ3) is 3.39. The molecule has 33 heavy (non-hydrogen) atoms. The van der Waals surface area contributed by atoms with Gasteiger partial charge in [0.2, 0.25) is 5.88 Å². The summed E-state index contributed by atoms with van der Waals surface area (Å²) < 4.78 is 13.5. The zero-order valence-corrected chi connectivity index (χ0v) is 18.9. The number of nitrogens with zero attached hydrogens (tertiary/aromatic N) is 2. The Labute approximate surface area is 195 Å². The van der Waals surface area contributed by atoms with Crippen molar-refractivity contribution >= 4 is 28.3 Å². The number of benzene rings is 2. The molecule has 7 nitrogen and oxygen atoms in total. The van der Waals surface area contributed by atoms with Crippen molar-refractivity contribution in [2.24, 2.45) is 5.92 Å². The maximum Gasteiger partial charge on any atom is 0.216 e. The number of Topliss-reactive ketones (excluding diaryl/α,β-unsaturated/α-hetero) is 1. The Bertz CT molecular complexity index is 1370. The summed E-state index contributed by atoms with van der Waals surface area (Å²) in [6, 6.07) is 12.1. The number of ether oxygens (including phenoxy) is 2. The molecule has 0 spiro atoms. The Morgan fingerprint density at radius 2 is 2.12 bits per heavy atom. The van der Waals surface area contributed by atoms with E-state index >= 15 is 0 Å². The van der Waals surface area contributed by atoms with Crippen LogP contribution in [0.25, 0.3) is 22.0 Å². The fourth-order valence-corrected chi connectivity index (χ4v) is 4.97. The lowest BCUT2D eigenvalue weighted by Crippen LogP contribution is -2.43. The number of nitrogens with one attached hydrogen (secondary N) is 2. The van der Waals surface area contributed by atoms with Crippen LogP contribution in [0, 0.1) is 5.92 Å². The van der Waals surface area contributed by atoms with Crippen molar-refractivity contribution in [1.82, 2.24) is 20.1 Å². The number of carbonyl (C=O) groups is 1. The molecule has 1 unspecified atom stereocenters. The molecule has 8 heteroatoms. The van der Waals surface area contributed by atoms with E-state index in [1.807, 2.05) is 36.5 Å². The average molecular weight is 463 g/mol. The van der Waals surface area contributed by atoms with Crippen LogP contribution in [0.4, 0.5) is 0 Å². The number of aromatic nitrogens is 3. The zero-order valence-electron chi connectivity index (χ0n) is 18.1. The third-order valence-corrected chi connectivity index (χ3v) is 6.91. The molecule has 1 fully saturated rings. The third-order valence-electron chi connectivity index (χ3n) is 6.67. The summed E-state index contributed by atoms with van der Waals surface area (Å²) in [5.41, 5.74) is 4.63. The number of methoxy groups -OCH3 is 1. The lowest BCUT2D eigenvalue weighted by atomic mass is 9.89. The SMILES string of the molecule is COc1[nH]ncc1-c1ccc2c(C(=O)C3COc4ccc(Cl)cc4C3)cn(C3CNC3)c2c1. The van der Waals surface area contributed by atoms with Crippen LogP contribution in [0.1, 0.15) is 22.0 Å². The number of fused-ring (bicyclic) bond motifs is 2. The van der Waals surface area contributed by atoms with E-state index in [0.717, 1.165) is 52.0 Å². The fraction of sp³-hybridized carbons (Fsp3) is 0.280. The Balaban J connectivity index is 1.40. The number of rotatable bonds is 5. The van der Waals surface area contributed by atoms with E-state index in [-0.39, 0.29) is 11.7 Å². The molecule has 0 radical (unpaired) electrons. The topological polar surface area (TPSA) is 81.2 Å². The Morgan fingerprint density at radius 3 is 2.91 bits per heavy atom. The molecule has 2 N–H and O–H groups in total. The van der Waals surface area contributed by atoms with Crippen LogP contribution in [0.2, 0.25) is 5.02 Å². The molecular weight excluding hydrogens is 440 g/mol. The first kappa shape index (κ1) is 20.3. The second kappa shape index (κ2) is 7.93. The van der Waals surface area contributed by atoms with Gasteiger partial charge in [0.05, 0.1) is 37.4 Å². The maximum absolute atomic E-state index is 13.7. The number of hydrogen-bond acceptors (Lipinski definition) is 5. The Kier molecular flexibility index (Phi) is 4.89. The van der Waals surface area contributed by atoms with Gasteiger partial charge in [-0.25, -0.2) is 5.10 Å². The van der Waals surface area contributed by atoms with Gasteiger partial charge in [0.1, 0.15) is 5.75 Å². The van der Waals surface area contributed by atoms with Crippen LogP contribution in [-0.4, -0.2) is 47.4 Å². The van der Waals surface area contributed by atoms with Gasteiger partial charge in [-0.3, -0.25) is 4.79 Å². The first-order valence-electron chi connectivity index (χ1n) is 11.0. The highest BCUT2D eigenvalue weighted by atomic mass is 35.5. The maximum atomic E-state index is 13.7. The molecular formula is C25H23ClN4O3.